The number of likely N-dealkylation sites (tertiary alicyclic amines) is 1. The molecule has 1 fully saturated rings. The second kappa shape index (κ2) is 6.04. The van der Waals surface area contributed by atoms with Gasteiger partial charge in [-0.3, -0.25) is 10.1 Å². The van der Waals surface area contributed by atoms with Crippen LogP contribution in [0.5, 0.6) is 5.75 Å². The molecular formula is C15H18N2O6. The first-order valence-electron chi connectivity index (χ1n) is 7.55. The van der Waals surface area contributed by atoms with Gasteiger partial charge in [-0.25, -0.2) is 4.79 Å². The third-order valence-corrected chi connectivity index (χ3v) is 4.09. The molecule has 1 amide bonds. The van der Waals surface area contributed by atoms with Crippen LogP contribution >= 0.6 is 0 Å². The predicted molar refractivity (Wildman–Crippen MR) is 79.1 cm³/mol. The van der Waals surface area contributed by atoms with Gasteiger partial charge in [0, 0.05) is 43.6 Å². The minimum absolute atomic E-state index is 0.0176. The first-order chi connectivity index (χ1) is 11.0. The van der Waals surface area contributed by atoms with E-state index in [-0.39, 0.29) is 18.4 Å². The summed E-state index contributed by atoms with van der Waals surface area (Å²) in [7, 11) is 0. The van der Waals surface area contributed by atoms with Gasteiger partial charge in [-0.2, -0.15) is 0 Å². The fourth-order valence-electron chi connectivity index (χ4n) is 2.82. The number of carbonyl (C=O) groups excluding carboxylic acids is 1. The van der Waals surface area contributed by atoms with Gasteiger partial charge in [0.15, 0.2) is 0 Å². The number of nitro benzene ring substituents is 1. The van der Waals surface area contributed by atoms with Gasteiger partial charge >= 0.3 is 6.09 Å². The minimum Gasteiger partial charge on any atom is -0.462 e. The zero-order chi connectivity index (χ0) is 16.4. The van der Waals surface area contributed by atoms with E-state index in [0.29, 0.717) is 43.9 Å². The molecule has 0 atom stereocenters. The molecule has 124 valence electrons. The highest BCUT2D eigenvalue weighted by Crippen LogP contribution is 2.38. The quantitative estimate of drug-likeness (QED) is 0.613. The Hall–Kier alpha value is -2.35. The number of fused-ring (bicyclic) bond motifs is 1. The Kier molecular flexibility index (Phi) is 4.08. The van der Waals surface area contributed by atoms with Crippen LogP contribution in [0.2, 0.25) is 0 Å². The highest BCUT2D eigenvalue weighted by atomic mass is 16.7. The Morgan fingerprint density at radius 1 is 1.43 bits per heavy atom. The van der Waals surface area contributed by atoms with Crippen LogP contribution in [0.4, 0.5) is 10.5 Å². The Morgan fingerprint density at radius 2 is 2.17 bits per heavy atom. The largest absolute Gasteiger partial charge is 0.462 e. The van der Waals surface area contributed by atoms with Gasteiger partial charge in [0.25, 0.3) is 5.69 Å². The lowest BCUT2D eigenvalue weighted by Gasteiger charge is -2.43. The van der Waals surface area contributed by atoms with E-state index in [4.69, 9.17) is 14.2 Å². The number of nitrogens with zero attached hydrogens (tertiary/aromatic N) is 2. The maximum absolute atomic E-state index is 11.7. The molecule has 0 N–H and O–H groups in total. The number of rotatable bonds is 2. The number of non-ortho nitro benzene ring substituents is 1. The van der Waals surface area contributed by atoms with Crippen molar-refractivity contribution in [2.45, 2.75) is 32.2 Å². The van der Waals surface area contributed by atoms with Crippen molar-refractivity contribution >= 4 is 11.8 Å². The Balaban J connectivity index is 1.68. The van der Waals surface area contributed by atoms with Crippen molar-refractivity contribution in [1.29, 1.82) is 0 Å². The van der Waals surface area contributed by atoms with Crippen LogP contribution in [0.1, 0.15) is 25.3 Å². The van der Waals surface area contributed by atoms with Crippen LogP contribution in [0.15, 0.2) is 18.2 Å². The molecule has 2 heterocycles. The molecule has 1 spiro atoms. The van der Waals surface area contributed by atoms with E-state index in [1.54, 1.807) is 17.9 Å². The average Bonchev–Trinajstić information content (AvgIpc) is 2.55. The summed E-state index contributed by atoms with van der Waals surface area (Å²) in [5.41, 5.74) is 0.682. The summed E-state index contributed by atoms with van der Waals surface area (Å²) >= 11 is 0. The number of amides is 1. The van der Waals surface area contributed by atoms with Crippen molar-refractivity contribution in [3.63, 3.8) is 0 Å². The number of hydrogen-bond donors (Lipinski definition) is 0. The molecule has 0 saturated carbocycles. The van der Waals surface area contributed by atoms with Gasteiger partial charge in [-0.15, -0.1) is 0 Å². The summed E-state index contributed by atoms with van der Waals surface area (Å²) in [4.78, 5) is 23.7. The number of ether oxygens (including phenoxy) is 3. The van der Waals surface area contributed by atoms with Gasteiger partial charge in [0.2, 0.25) is 5.79 Å². The van der Waals surface area contributed by atoms with E-state index in [2.05, 4.69) is 0 Å². The molecule has 1 aromatic rings. The van der Waals surface area contributed by atoms with Gasteiger partial charge in [-0.05, 0) is 13.0 Å². The molecule has 3 rings (SSSR count). The molecule has 0 bridgehead atoms. The molecule has 8 nitrogen and oxygen atoms in total. The monoisotopic (exact) mass is 322 g/mol. The maximum Gasteiger partial charge on any atom is 0.409 e. The molecule has 2 aliphatic rings. The number of hydrogen-bond acceptors (Lipinski definition) is 6. The van der Waals surface area contributed by atoms with Crippen LogP contribution in [-0.2, 0) is 16.1 Å². The number of benzene rings is 1. The SMILES string of the molecule is CCOC(=O)N1CCC2(CC1)OCc1cc([N+](=O)[O-])ccc1O2. The molecule has 0 aliphatic carbocycles. The van der Waals surface area contributed by atoms with Crippen molar-refractivity contribution in [3.8, 4) is 5.75 Å². The average molecular weight is 322 g/mol. The zero-order valence-corrected chi connectivity index (χ0v) is 12.8. The standard InChI is InChI=1S/C15H18N2O6/c1-2-21-14(18)16-7-5-15(6-8-16)22-10-11-9-12(17(19)20)3-4-13(11)23-15/h3-4,9H,2,5-8,10H2,1H3. The van der Waals surface area contributed by atoms with Gasteiger partial charge in [0.1, 0.15) is 5.75 Å². The van der Waals surface area contributed by atoms with Crippen LogP contribution < -0.4 is 4.74 Å². The molecule has 8 heteroatoms. The first-order valence-corrected chi connectivity index (χ1v) is 7.55. The van der Waals surface area contributed by atoms with E-state index in [9.17, 15) is 14.9 Å². The normalized spacial score (nSPS) is 18.9. The van der Waals surface area contributed by atoms with E-state index >= 15 is 0 Å². The highest BCUT2D eigenvalue weighted by molar-refractivity contribution is 5.67. The lowest BCUT2D eigenvalue weighted by Crippen LogP contribution is -2.52. The van der Waals surface area contributed by atoms with Crippen molar-refractivity contribution in [1.82, 2.24) is 4.90 Å². The lowest BCUT2D eigenvalue weighted by molar-refractivity contribution is -0.385. The molecule has 23 heavy (non-hydrogen) atoms. The smallest absolute Gasteiger partial charge is 0.409 e. The van der Waals surface area contributed by atoms with Crippen molar-refractivity contribution < 1.29 is 23.9 Å². The lowest BCUT2D eigenvalue weighted by atomic mass is 10.0. The molecule has 2 aliphatic heterocycles. The number of piperidine rings is 1. The van der Waals surface area contributed by atoms with E-state index in [0.717, 1.165) is 0 Å². The summed E-state index contributed by atoms with van der Waals surface area (Å²) in [5, 5.41) is 10.8. The molecule has 0 unspecified atom stereocenters. The predicted octanol–water partition coefficient (Wildman–Crippen LogP) is 2.45. The summed E-state index contributed by atoms with van der Waals surface area (Å²) in [6.45, 7) is 3.35. The molecule has 1 saturated heterocycles. The van der Waals surface area contributed by atoms with E-state index in [1.807, 2.05) is 0 Å². The van der Waals surface area contributed by atoms with Gasteiger partial charge < -0.3 is 19.1 Å². The topological polar surface area (TPSA) is 91.1 Å². The fourth-order valence-corrected chi connectivity index (χ4v) is 2.82. The second-order valence-electron chi connectivity index (χ2n) is 5.54. The third kappa shape index (κ3) is 3.07. The third-order valence-electron chi connectivity index (χ3n) is 4.09. The molecule has 0 radical (unpaired) electrons. The number of nitro groups is 1. The minimum atomic E-state index is -0.772. The highest BCUT2D eigenvalue weighted by Gasteiger charge is 2.42. The second-order valence-corrected chi connectivity index (χ2v) is 5.54. The van der Waals surface area contributed by atoms with Crippen molar-refractivity contribution in [3.05, 3.63) is 33.9 Å². The van der Waals surface area contributed by atoms with Crippen LogP contribution in [0.25, 0.3) is 0 Å². The summed E-state index contributed by atoms with van der Waals surface area (Å²) in [6.07, 6.45) is 0.735. The first kappa shape index (κ1) is 15.5. The number of carbonyl (C=O) groups is 1. The Morgan fingerprint density at radius 3 is 2.83 bits per heavy atom. The Bertz CT molecular complexity index is 624. The summed E-state index contributed by atoms with van der Waals surface area (Å²) in [6, 6.07) is 4.50. The van der Waals surface area contributed by atoms with Crippen LogP contribution in [-0.4, -0.2) is 41.4 Å². The van der Waals surface area contributed by atoms with Crippen LogP contribution in [0.3, 0.4) is 0 Å². The van der Waals surface area contributed by atoms with Crippen LogP contribution in [0, 0.1) is 10.1 Å². The van der Waals surface area contributed by atoms with E-state index in [1.165, 1.54) is 12.1 Å². The summed E-state index contributed by atoms with van der Waals surface area (Å²) < 4.78 is 16.8. The zero-order valence-electron chi connectivity index (χ0n) is 12.8. The van der Waals surface area contributed by atoms with Gasteiger partial charge in [0.05, 0.1) is 18.1 Å². The van der Waals surface area contributed by atoms with Crippen molar-refractivity contribution in [2.24, 2.45) is 0 Å². The summed E-state index contributed by atoms with van der Waals surface area (Å²) in [5.74, 6) is -0.169. The van der Waals surface area contributed by atoms with Gasteiger partial charge in [-0.1, -0.05) is 0 Å². The van der Waals surface area contributed by atoms with E-state index < -0.39 is 10.7 Å². The van der Waals surface area contributed by atoms with Crippen molar-refractivity contribution in [2.75, 3.05) is 19.7 Å². The molecular weight excluding hydrogens is 304 g/mol. The molecule has 0 aromatic heterocycles. The maximum atomic E-state index is 11.7. The molecule has 1 aromatic carbocycles. The fraction of sp³-hybridized carbons (Fsp3) is 0.533. The Labute approximate surface area is 133 Å².